The van der Waals surface area contributed by atoms with Crippen LogP contribution in [0, 0.1) is 6.92 Å². The van der Waals surface area contributed by atoms with Crippen LogP contribution in [-0.2, 0) is 10.0 Å². The van der Waals surface area contributed by atoms with Gasteiger partial charge >= 0.3 is 0 Å². The Morgan fingerprint density at radius 1 is 1.32 bits per heavy atom. The molecule has 0 radical (unpaired) electrons. The van der Waals surface area contributed by atoms with Gasteiger partial charge in [0.15, 0.2) is 5.03 Å². The highest BCUT2D eigenvalue weighted by molar-refractivity contribution is 7.89. The molecular weight excluding hydrogens is 286 g/mol. The standard InChI is InChI=1S/C12H19N3O2S.ClH/c1-10-3-4-12(14-9-10)18(16,17)15-7-5-11(13-2)6-8-15;/h3-4,9,11,13H,5-8H2,1-2H3;1H. The first-order valence-electron chi connectivity index (χ1n) is 6.14. The molecule has 0 aliphatic carbocycles. The summed E-state index contributed by atoms with van der Waals surface area (Å²) in [4.78, 5) is 4.02. The maximum atomic E-state index is 12.3. The summed E-state index contributed by atoms with van der Waals surface area (Å²) in [5, 5.41) is 3.34. The van der Waals surface area contributed by atoms with Gasteiger partial charge in [0.05, 0.1) is 0 Å². The van der Waals surface area contributed by atoms with E-state index in [-0.39, 0.29) is 17.4 Å². The van der Waals surface area contributed by atoms with Gasteiger partial charge < -0.3 is 5.32 Å². The largest absolute Gasteiger partial charge is 0.317 e. The lowest BCUT2D eigenvalue weighted by atomic mass is 10.1. The zero-order chi connectivity index (χ0) is 13.2. The van der Waals surface area contributed by atoms with Crippen LogP contribution >= 0.6 is 12.4 Å². The zero-order valence-electron chi connectivity index (χ0n) is 11.2. The first kappa shape index (κ1) is 16.4. The maximum Gasteiger partial charge on any atom is 0.260 e. The van der Waals surface area contributed by atoms with Crippen molar-refractivity contribution < 1.29 is 8.42 Å². The third-order valence-corrected chi connectivity index (χ3v) is 5.17. The second kappa shape index (κ2) is 6.65. The smallest absolute Gasteiger partial charge is 0.260 e. The van der Waals surface area contributed by atoms with Gasteiger partial charge in [-0.05, 0) is 38.4 Å². The summed E-state index contributed by atoms with van der Waals surface area (Å²) < 4.78 is 26.2. The summed E-state index contributed by atoms with van der Waals surface area (Å²) in [7, 11) is -1.50. The van der Waals surface area contributed by atoms with Crippen molar-refractivity contribution in [2.45, 2.75) is 30.8 Å². The van der Waals surface area contributed by atoms with Gasteiger partial charge in [0.25, 0.3) is 10.0 Å². The summed E-state index contributed by atoms with van der Waals surface area (Å²) in [6, 6.07) is 3.78. The van der Waals surface area contributed by atoms with Crippen molar-refractivity contribution in [3.63, 3.8) is 0 Å². The van der Waals surface area contributed by atoms with Crippen LogP contribution in [0.25, 0.3) is 0 Å². The minimum absolute atomic E-state index is 0. The normalized spacial score (nSPS) is 18.0. The van der Waals surface area contributed by atoms with Crippen LogP contribution in [0.1, 0.15) is 18.4 Å². The van der Waals surface area contributed by atoms with E-state index in [2.05, 4.69) is 10.3 Å². The summed E-state index contributed by atoms with van der Waals surface area (Å²) in [5.74, 6) is 0. The van der Waals surface area contributed by atoms with Gasteiger partial charge in [-0.1, -0.05) is 6.07 Å². The minimum atomic E-state index is -3.42. The summed E-state index contributed by atoms with van der Waals surface area (Å²) in [6.45, 7) is 3.01. The summed E-state index contributed by atoms with van der Waals surface area (Å²) >= 11 is 0. The van der Waals surface area contributed by atoms with Crippen LogP contribution in [0.15, 0.2) is 23.4 Å². The van der Waals surface area contributed by atoms with Crippen LogP contribution in [0.3, 0.4) is 0 Å². The fourth-order valence-corrected chi connectivity index (χ4v) is 3.51. The van der Waals surface area contributed by atoms with Crippen LogP contribution in [0.2, 0.25) is 0 Å². The van der Waals surface area contributed by atoms with Crippen LogP contribution in [-0.4, -0.2) is 43.9 Å². The number of aryl methyl sites for hydroxylation is 1. The van der Waals surface area contributed by atoms with Crippen molar-refractivity contribution in [1.82, 2.24) is 14.6 Å². The number of piperidine rings is 1. The summed E-state index contributed by atoms with van der Waals surface area (Å²) in [6.07, 6.45) is 3.29. The molecule has 1 aromatic rings. The molecule has 1 aliphatic rings. The number of hydrogen-bond acceptors (Lipinski definition) is 4. The molecule has 0 aromatic carbocycles. The average Bonchev–Trinajstić information content (AvgIpc) is 2.39. The Morgan fingerprint density at radius 2 is 1.95 bits per heavy atom. The lowest BCUT2D eigenvalue weighted by Crippen LogP contribution is -2.44. The van der Waals surface area contributed by atoms with Gasteiger partial charge in [-0.2, -0.15) is 4.31 Å². The Hall–Kier alpha value is -0.690. The molecule has 0 bridgehead atoms. The monoisotopic (exact) mass is 305 g/mol. The molecule has 1 aromatic heterocycles. The zero-order valence-corrected chi connectivity index (χ0v) is 12.8. The average molecular weight is 306 g/mol. The quantitative estimate of drug-likeness (QED) is 0.911. The van der Waals surface area contributed by atoms with Gasteiger partial charge in [-0.25, -0.2) is 13.4 Å². The maximum absolute atomic E-state index is 12.3. The van der Waals surface area contributed by atoms with Crippen molar-refractivity contribution in [2.75, 3.05) is 20.1 Å². The Balaban J connectivity index is 0.00000180. The van der Waals surface area contributed by atoms with Gasteiger partial charge in [0.2, 0.25) is 0 Å². The van der Waals surface area contributed by atoms with Crippen molar-refractivity contribution in [3.8, 4) is 0 Å². The molecule has 7 heteroatoms. The minimum Gasteiger partial charge on any atom is -0.317 e. The molecule has 1 aliphatic heterocycles. The molecule has 5 nitrogen and oxygen atoms in total. The van der Waals surface area contributed by atoms with E-state index in [0.29, 0.717) is 19.1 Å². The first-order chi connectivity index (χ1) is 8.54. The van der Waals surface area contributed by atoms with Crippen LogP contribution in [0.4, 0.5) is 0 Å². The van der Waals surface area contributed by atoms with E-state index in [1.54, 1.807) is 18.3 Å². The number of halogens is 1. The number of hydrogen-bond donors (Lipinski definition) is 1. The van der Waals surface area contributed by atoms with Gasteiger partial charge in [0, 0.05) is 25.3 Å². The highest BCUT2D eigenvalue weighted by Gasteiger charge is 2.29. The molecule has 0 spiro atoms. The van der Waals surface area contributed by atoms with Crippen LogP contribution < -0.4 is 5.32 Å². The van der Waals surface area contributed by atoms with E-state index < -0.39 is 10.0 Å². The molecule has 19 heavy (non-hydrogen) atoms. The second-order valence-corrected chi connectivity index (χ2v) is 6.53. The van der Waals surface area contributed by atoms with E-state index >= 15 is 0 Å². The third-order valence-electron chi connectivity index (χ3n) is 3.35. The van der Waals surface area contributed by atoms with E-state index in [0.717, 1.165) is 18.4 Å². The Labute approximate surface area is 120 Å². The number of sulfonamides is 1. The molecule has 1 saturated heterocycles. The molecule has 0 unspecified atom stereocenters. The molecule has 1 fully saturated rings. The first-order valence-corrected chi connectivity index (χ1v) is 7.58. The molecule has 0 atom stereocenters. The Morgan fingerprint density at radius 3 is 2.42 bits per heavy atom. The fraction of sp³-hybridized carbons (Fsp3) is 0.583. The molecule has 2 heterocycles. The predicted molar refractivity (Wildman–Crippen MR) is 77.1 cm³/mol. The Bertz CT molecular complexity index is 496. The molecule has 0 saturated carbocycles. The second-order valence-electron chi connectivity index (χ2n) is 4.64. The van der Waals surface area contributed by atoms with Crippen molar-refractivity contribution in [1.29, 1.82) is 0 Å². The molecule has 0 amide bonds. The van der Waals surface area contributed by atoms with Crippen LogP contribution in [0.5, 0.6) is 0 Å². The predicted octanol–water partition coefficient (Wildman–Crippen LogP) is 1.18. The summed E-state index contributed by atoms with van der Waals surface area (Å²) in [5.41, 5.74) is 0.961. The highest BCUT2D eigenvalue weighted by atomic mass is 35.5. The topological polar surface area (TPSA) is 62.3 Å². The lowest BCUT2D eigenvalue weighted by Gasteiger charge is -2.30. The highest BCUT2D eigenvalue weighted by Crippen LogP contribution is 2.19. The number of nitrogens with one attached hydrogen (secondary N) is 1. The molecule has 2 rings (SSSR count). The molecular formula is C12H20ClN3O2S. The third kappa shape index (κ3) is 3.66. The van der Waals surface area contributed by atoms with Gasteiger partial charge in [-0.3, -0.25) is 0 Å². The van der Waals surface area contributed by atoms with Crippen molar-refractivity contribution in [2.24, 2.45) is 0 Å². The fourth-order valence-electron chi connectivity index (χ4n) is 2.12. The van der Waals surface area contributed by atoms with Crippen molar-refractivity contribution in [3.05, 3.63) is 23.9 Å². The molecule has 1 N–H and O–H groups in total. The van der Waals surface area contributed by atoms with E-state index in [4.69, 9.17) is 0 Å². The van der Waals surface area contributed by atoms with E-state index in [9.17, 15) is 8.42 Å². The van der Waals surface area contributed by atoms with E-state index in [1.807, 2.05) is 14.0 Å². The van der Waals surface area contributed by atoms with E-state index in [1.165, 1.54) is 4.31 Å². The van der Waals surface area contributed by atoms with Gasteiger partial charge in [-0.15, -0.1) is 12.4 Å². The number of rotatable bonds is 3. The Kier molecular flexibility index (Phi) is 5.73. The SMILES string of the molecule is CNC1CCN(S(=O)(=O)c2ccc(C)cn2)CC1.Cl. The number of nitrogens with zero attached hydrogens (tertiary/aromatic N) is 2. The van der Waals surface area contributed by atoms with Crippen molar-refractivity contribution >= 4 is 22.4 Å². The number of pyridine rings is 1. The lowest BCUT2D eigenvalue weighted by molar-refractivity contribution is 0.298. The molecule has 108 valence electrons. The van der Waals surface area contributed by atoms with Gasteiger partial charge in [0.1, 0.15) is 0 Å². The number of aromatic nitrogens is 1.